The van der Waals surface area contributed by atoms with Crippen LogP contribution in [0.2, 0.25) is 0 Å². The normalized spacial score (nSPS) is 15.9. The Hall–Kier alpha value is -3.26. The number of amides is 1. The summed E-state index contributed by atoms with van der Waals surface area (Å²) in [5.41, 5.74) is 4.72. The van der Waals surface area contributed by atoms with E-state index in [0.717, 1.165) is 48.5 Å². The molecule has 0 saturated carbocycles. The van der Waals surface area contributed by atoms with Crippen LogP contribution in [0.1, 0.15) is 34.6 Å². The molecule has 2 N–H and O–H groups in total. The standard InChI is InChI=1S/C22H26N6O2/c1-14-10-19-20(26-21(14)29)11-16(12-24-19)15(2)27-6-8-28(9-7-27)17-4-5-18(25-13-17)22(30)23-3/h4-5,10-13,15H,6-9H2,1-3H3,(H,23,30)(H,26,29)/t15-/m0/s1. The van der Waals surface area contributed by atoms with E-state index >= 15 is 0 Å². The lowest BCUT2D eigenvalue weighted by Gasteiger charge is -2.39. The molecule has 4 heterocycles. The monoisotopic (exact) mass is 406 g/mol. The third-order valence-electron chi connectivity index (χ3n) is 5.82. The Balaban J connectivity index is 1.43. The molecule has 1 aliphatic rings. The molecular weight excluding hydrogens is 380 g/mol. The first kappa shape index (κ1) is 20.0. The second kappa shape index (κ2) is 8.23. The molecule has 4 rings (SSSR count). The Kier molecular flexibility index (Phi) is 5.50. The zero-order valence-electron chi connectivity index (χ0n) is 17.5. The average molecular weight is 406 g/mol. The quantitative estimate of drug-likeness (QED) is 0.687. The predicted octanol–water partition coefficient (Wildman–Crippen LogP) is 1.87. The van der Waals surface area contributed by atoms with Gasteiger partial charge < -0.3 is 15.2 Å². The van der Waals surface area contributed by atoms with Crippen molar-refractivity contribution >= 4 is 22.6 Å². The van der Waals surface area contributed by atoms with Crippen LogP contribution in [-0.4, -0.2) is 59.0 Å². The third kappa shape index (κ3) is 3.91. The summed E-state index contributed by atoms with van der Waals surface area (Å²) in [6, 6.07) is 7.75. The van der Waals surface area contributed by atoms with Crippen molar-refractivity contribution in [1.29, 1.82) is 0 Å². The lowest BCUT2D eigenvalue weighted by molar-refractivity contribution is 0.0958. The van der Waals surface area contributed by atoms with Crippen LogP contribution in [0.25, 0.3) is 11.0 Å². The summed E-state index contributed by atoms with van der Waals surface area (Å²) >= 11 is 0. The molecule has 156 valence electrons. The molecular formula is C22H26N6O2. The van der Waals surface area contributed by atoms with E-state index in [9.17, 15) is 9.59 Å². The van der Waals surface area contributed by atoms with Gasteiger partial charge in [-0.2, -0.15) is 0 Å². The maximum atomic E-state index is 11.9. The van der Waals surface area contributed by atoms with Gasteiger partial charge in [-0.15, -0.1) is 0 Å². The molecule has 0 spiro atoms. The number of aromatic nitrogens is 3. The Morgan fingerprint density at radius 1 is 1.13 bits per heavy atom. The number of hydrogen-bond acceptors (Lipinski definition) is 6. The second-order valence-corrected chi connectivity index (χ2v) is 7.66. The highest BCUT2D eigenvalue weighted by Crippen LogP contribution is 2.25. The fourth-order valence-electron chi connectivity index (χ4n) is 3.84. The van der Waals surface area contributed by atoms with Crippen molar-refractivity contribution in [2.45, 2.75) is 19.9 Å². The first-order valence-corrected chi connectivity index (χ1v) is 10.1. The van der Waals surface area contributed by atoms with Crippen molar-refractivity contribution < 1.29 is 4.79 Å². The Morgan fingerprint density at radius 3 is 2.57 bits per heavy atom. The molecule has 3 aromatic rings. The molecule has 30 heavy (non-hydrogen) atoms. The minimum atomic E-state index is -0.180. The smallest absolute Gasteiger partial charge is 0.269 e. The molecule has 0 aliphatic carbocycles. The topological polar surface area (TPSA) is 94.2 Å². The number of carbonyl (C=O) groups excluding carboxylic acids is 1. The highest BCUT2D eigenvalue weighted by Gasteiger charge is 2.23. The van der Waals surface area contributed by atoms with Crippen LogP contribution in [-0.2, 0) is 0 Å². The Labute approximate surface area is 175 Å². The summed E-state index contributed by atoms with van der Waals surface area (Å²) in [7, 11) is 1.60. The summed E-state index contributed by atoms with van der Waals surface area (Å²) in [5, 5.41) is 2.58. The van der Waals surface area contributed by atoms with Crippen LogP contribution < -0.4 is 15.8 Å². The van der Waals surface area contributed by atoms with E-state index in [-0.39, 0.29) is 17.5 Å². The van der Waals surface area contributed by atoms with Crippen LogP contribution in [0.15, 0.2) is 41.5 Å². The molecule has 0 radical (unpaired) electrons. The number of anilines is 1. The molecule has 0 bridgehead atoms. The molecule has 1 amide bonds. The maximum Gasteiger partial charge on any atom is 0.269 e. The van der Waals surface area contributed by atoms with Crippen LogP contribution in [0.5, 0.6) is 0 Å². The number of fused-ring (bicyclic) bond motifs is 1. The summed E-state index contributed by atoms with van der Waals surface area (Å²) in [6.45, 7) is 7.52. The van der Waals surface area contributed by atoms with Crippen molar-refractivity contribution in [2.24, 2.45) is 0 Å². The number of rotatable bonds is 4. The minimum Gasteiger partial charge on any atom is -0.368 e. The number of carbonyl (C=O) groups is 1. The van der Waals surface area contributed by atoms with E-state index < -0.39 is 0 Å². The number of pyridine rings is 3. The highest BCUT2D eigenvalue weighted by atomic mass is 16.1. The fraction of sp³-hybridized carbons (Fsp3) is 0.364. The number of nitrogens with zero attached hydrogens (tertiary/aromatic N) is 4. The number of H-pyrrole nitrogens is 1. The number of aromatic amines is 1. The lowest BCUT2D eigenvalue weighted by atomic mass is 10.1. The summed E-state index contributed by atoms with van der Waals surface area (Å²) in [4.78, 5) is 40.0. The van der Waals surface area contributed by atoms with Crippen molar-refractivity contribution in [2.75, 3.05) is 38.1 Å². The minimum absolute atomic E-state index is 0.0706. The van der Waals surface area contributed by atoms with Crippen LogP contribution in [0, 0.1) is 6.92 Å². The maximum absolute atomic E-state index is 11.9. The SMILES string of the molecule is CNC(=O)c1ccc(N2CCN([C@@H](C)c3cnc4cc(C)c(=O)[nH]c4c3)CC2)cn1. The molecule has 0 unspecified atom stereocenters. The van der Waals surface area contributed by atoms with E-state index in [4.69, 9.17) is 0 Å². The van der Waals surface area contributed by atoms with Gasteiger partial charge in [0.05, 0.1) is 22.9 Å². The molecule has 8 heteroatoms. The van der Waals surface area contributed by atoms with Crippen molar-refractivity contribution in [1.82, 2.24) is 25.2 Å². The molecule has 3 aromatic heterocycles. The summed E-state index contributed by atoms with van der Waals surface area (Å²) in [5.74, 6) is -0.180. The van der Waals surface area contributed by atoms with E-state index in [1.54, 1.807) is 26.2 Å². The highest BCUT2D eigenvalue weighted by molar-refractivity contribution is 5.92. The van der Waals surface area contributed by atoms with E-state index in [1.807, 2.05) is 24.4 Å². The van der Waals surface area contributed by atoms with Gasteiger partial charge in [0, 0.05) is 51.0 Å². The number of piperazine rings is 1. The van der Waals surface area contributed by atoms with E-state index in [0.29, 0.717) is 11.3 Å². The molecule has 0 aromatic carbocycles. The zero-order chi connectivity index (χ0) is 21.3. The van der Waals surface area contributed by atoms with Gasteiger partial charge in [-0.1, -0.05) is 0 Å². The predicted molar refractivity (Wildman–Crippen MR) is 117 cm³/mol. The van der Waals surface area contributed by atoms with Gasteiger partial charge in [-0.05, 0) is 43.7 Å². The number of hydrogen-bond donors (Lipinski definition) is 2. The Bertz CT molecular complexity index is 1120. The van der Waals surface area contributed by atoms with Gasteiger partial charge in [0.2, 0.25) is 0 Å². The molecule has 1 fully saturated rings. The zero-order valence-corrected chi connectivity index (χ0v) is 17.5. The second-order valence-electron chi connectivity index (χ2n) is 7.66. The summed E-state index contributed by atoms with van der Waals surface area (Å²) < 4.78 is 0. The van der Waals surface area contributed by atoms with Crippen LogP contribution in [0.3, 0.4) is 0 Å². The van der Waals surface area contributed by atoms with Gasteiger partial charge in [-0.25, -0.2) is 4.98 Å². The van der Waals surface area contributed by atoms with Gasteiger partial charge in [0.15, 0.2) is 0 Å². The Morgan fingerprint density at radius 2 is 1.90 bits per heavy atom. The average Bonchev–Trinajstić information content (AvgIpc) is 2.79. The first-order chi connectivity index (χ1) is 14.5. The number of aryl methyl sites for hydroxylation is 1. The lowest BCUT2D eigenvalue weighted by Crippen LogP contribution is -2.47. The van der Waals surface area contributed by atoms with Crippen molar-refractivity contribution in [3.63, 3.8) is 0 Å². The fourth-order valence-corrected chi connectivity index (χ4v) is 3.84. The van der Waals surface area contributed by atoms with Crippen molar-refractivity contribution in [3.8, 4) is 0 Å². The number of nitrogens with one attached hydrogen (secondary N) is 2. The van der Waals surface area contributed by atoms with Crippen LogP contribution in [0.4, 0.5) is 5.69 Å². The summed E-state index contributed by atoms with van der Waals surface area (Å²) in [6.07, 6.45) is 3.66. The van der Waals surface area contributed by atoms with Gasteiger partial charge in [-0.3, -0.25) is 19.5 Å². The van der Waals surface area contributed by atoms with Crippen LogP contribution >= 0.6 is 0 Å². The third-order valence-corrected chi connectivity index (χ3v) is 5.82. The largest absolute Gasteiger partial charge is 0.368 e. The molecule has 1 saturated heterocycles. The molecule has 1 aliphatic heterocycles. The molecule has 1 atom stereocenters. The molecule has 8 nitrogen and oxygen atoms in total. The first-order valence-electron chi connectivity index (χ1n) is 10.1. The van der Waals surface area contributed by atoms with E-state index in [2.05, 4.69) is 37.0 Å². The van der Waals surface area contributed by atoms with Crippen molar-refractivity contribution in [3.05, 3.63) is 63.8 Å². The van der Waals surface area contributed by atoms with Gasteiger partial charge >= 0.3 is 0 Å². The van der Waals surface area contributed by atoms with E-state index in [1.165, 1.54) is 0 Å². The van der Waals surface area contributed by atoms with Gasteiger partial charge in [0.1, 0.15) is 5.69 Å². The van der Waals surface area contributed by atoms with Gasteiger partial charge in [0.25, 0.3) is 11.5 Å².